The molecule has 0 bridgehead atoms. The lowest BCUT2D eigenvalue weighted by Crippen LogP contribution is -2.04. The van der Waals surface area contributed by atoms with Crippen molar-refractivity contribution in [2.75, 3.05) is 7.11 Å². The van der Waals surface area contributed by atoms with Crippen LogP contribution in [0.3, 0.4) is 0 Å². The molecule has 0 atom stereocenters. The smallest absolute Gasteiger partial charge is 0.416 e. The van der Waals surface area contributed by atoms with Crippen molar-refractivity contribution >= 4 is 17.3 Å². The van der Waals surface area contributed by atoms with Gasteiger partial charge < -0.3 is 4.74 Å². The summed E-state index contributed by atoms with van der Waals surface area (Å²) in [4.78, 5) is 17.1. The fraction of sp³-hybridized carbons (Fsp3) is 0.200. The van der Waals surface area contributed by atoms with Crippen LogP contribution in [0.2, 0.25) is 0 Å². The van der Waals surface area contributed by atoms with Crippen LogP contribution in [-0.2, 0) is 10.9 Å². The maximum absolute atomic E-state index is 12.8. The van der Waals surface area contributed by atoms with Crippen molar-refractivity contribution < 1.29 is 22.7 Å². The van der Waals surface area contributed by atoms with Gasteiger partial charge in [0.05, 0.1) is 17.6 Å². The van der Waals surface area contributed by atoms with Crippen LogP contribution >= 0.6 is 11.3 Å². The first kappa shape index (κ1) is 19.1. The number of halogens is 3. The van der Waals surface area contributed by atoms with Gasteiger partial charge in [0, 0.05) is 5.56 Å². The monoisotopic (exact) mass is 391 g/mol. The lowest BCUT2D eigenvalue weighted by molar-refractivity contribution is -0.137. The van der Waals surface area contributed by atoms with Gasteiger partial charge in [0.25, 0.3) is 0 Å². The first-order chi connectivity index (χ1) is 12.7. The lowest BCUT2D eigenvalue weighted by Gasteiger charge is -2.06. The van der Waals surface area contributed by atoms with E-state index in [0.29, 0.717) is 15.4 Å². The summed E-state index contributed by atoms with van der Waals surface area (Å²) in [5.74, 6) is -0.586. The minimum Gasteiger partial charge on any atom is -0.464 e. The first-order valence-corrected chi connectivity index (χ1v) is 8.86. The topological polar surface area (TPSA) is 39.2 Å². The van der Waals surface area contributed by atoms with Gasteiger partial charge in [0.2, 0.25) is 0 Å². The van der Waals surface area contributed by atoms with Crippen LogP contribution in [0.1, 0.15) is 27.2 Å². The van der Waals surface area contributed by atoms with Crippen LogP contribution in [0.4, 0.5) is 13.2 Å². The summed E-state index contributed by atoms with van der Waals surface area (Å²) in [6, 6.07) is 10.5. The first-order valence-electron chi connectivity index (χ1n) is 8.05. The van der Waals surface area contributed by atoms with Crippen LogP contribution in [0.15, 0.2) is 42.5 Å². The molecule has 3 aromatic rings. The Morgan fingerprint density at radius 3 is 2.19 bits per heavy atom. The molecular formula is C20H16F3NO2S. The number of hydrogen-bond acceptors (Lipinski definition) is 4. The number of esters is 1. The Kier molecular flexibility index (Phi) is 5.06. The van der Waals surface area contributed by atoms with E-state index in [1.165, 1.54) is 30.6 Å². The average molecular weight is 391 g/mol. The largest absolute Gasteiger partial charge is 0.464 e. The molecule has 7 heteroatoms. The zero-order valence-corrected chi connectivity index (χ0v) is 15.7. The third-order valence-electron chi connectivity index (χ3n) is 4.23. The Labute approximate surface area is 158 Å². The second-order valence-electron chi connectivity index (χ2n) is 6.06. The number of thiazole rings is 1. The lowest BCUT2D eigenvalue weighted by atomic mass is 10.0. The van der Waals surface area contributed by atoms with Gasteiger partial charge in [-0.25, -0.2) is 9.78 Å². The number of nitrogens with zero attached hydrogens (tertiary/aromatic N) is 1. The molecule has 2 aromatic carbocycles. The molecule has 0 radical (unpaired) electrons. The summed E-state index contributed by atoms with van der Waals surface area (Å²) in [7, 11) is 1.27. The van der Waals surface area contributed by atoms with E-state index >= 15 is 0 Å². The number of ether oxygens (including phenoxy) is 1. The number of carbonyl (C=O) groups is 1. The standard InChI is InChI=1S/C20H16F3NO2S/c1-11-4-5-14(10-12(11)2)17-16(19(25)26-3)24-18(27-17)13-6-8-15(9-7-13)20(21,22)23/h4-10H,1-3H3. The summed E-state index contributed by atoms with van der Waals surface area (Å²) in [5, 5.41) is 0.456. The van der Waals surface area contributed by atoms with E-state index in [2.05, 4.69) is 4.98 Å². The van der Waals surface area contributed by atoms with Crippen LogP contribution in [0.25, 0.3) is 21.0 Å². The zero-order valence-electron chi connectivity index (χ0n) is 14.8. The second kappa shape index (κ2) is 7.15. The predicted molar refractivity (Wildman–Crippen MR) is 98.8 cm³/mol. The van der Waals surface area contributed by atoms with Gasteiger partial charge >= 0.3 is 12.1 Å². The quantitative estimate of drug-likeness (QED) is 0.522. The van der Waals surface area contributed by atoms with Gasteiger partial charge in [0.1, 0.15) is 5.01 Å². The molecule has 1 aromatic heterocycles. The molecule has 0 saturated carbocycles. The summed E-state index contributed by atoms with van der Waals surface area (Å²) in [6.45, 7) is 3.95. The number of aryl methyl sites for hydroxylation is 2. The highest BCUT2D eigenvalue weighted by atomic mass is 32.1. The van der Waals surface area contributed by atoms with Crippen molar-refractivity contribution in [2.24, 2.45) is 0 Å². The van der Waals surface area contributed by atoms with Crippen molar-refractivity contribution in [3.8, 4) is 21.0 Å². The third-order valence-corrected chi connectivity index (χ3v) is 5.39. The molecule has 0 aliphatic rings. The van der Waals surface area contributed by atoms with E-state index in [1.807, 2.05) is 32.0 Å². The molecule has 3 nitrogen and oxygen atoms in total. The highest BCUT2D eigenvalue weighted by molar-refractivity contribution is 7.18. The Morgan fingerprint density at radius 2 is 1.63 bits per heavy atom. The van der Waals surface area contributed by atoms with E-state index in [1.54, 1.807) is 0 Å². The van der Waals surface area contributed by atoms with Crippen molar-refractivity contribution in [1.29, 1.82) is 0 Å². The maximum Gasteiger partial charge on any atom is 0.416 e. The number of hydrogen-bond donors (Lipinski definition) is 0. The van der Waals surface area contributed by atoms with Crippen LogP contribution < -0.4 is 0 Å². The van der Waals surface area contributed by atoms with Crippen LogP contribution in [0.5, 0.6) is 0 Å². The van der Waals surface area contributed by atoms with E-state index in [4.69, 9.17) is 4.74 Å². The molecule has 3 rings (SSSR count). The summed E-state index contributed by atoms with van der Waals surface area (Å²) < 4.78 is 43.1. The summed E-state index contributed by atoms with van der Waals surface area (Å²) in [5.41, 5.74) is 2.92. The van der Waals surface area contributed by atoms with Crippen molar-refractivity contribution in [3.05, 3.63) is 64.8 Å². The maximum atomic E-state index is 12.8. The molecule has 0 fully saturated rings. The zero-order chi connectivity index (χ0) is 19.8. The van der Waals surface area contributed by atoms with E-state index in [-0.39, 0.29) is 5.69 Å². The van der Waals surface area contributed by atoms with E-state index < -0.39 is 17.7 Å². The molecular weight excluding hydrogens is 375 g/mol. The molecule has 0 saturated heterocycles. The predicted octanol–water partition coefficient (Wildman–Crippen LogP) is 5.90. The number of rotatable bonds is 3. The van der Waals surface area contributed by atoms with E-state index in [9.17, 15) is 18.0 Å². The Hall–Kier alpha value is -2.67. The Balaban J connectivity index is 2.09. The third kappa shape index (κ3) is 3.88. The highest BCUT2D eigenvalue weighted by Crippen LogP contribution is 2.37. The molecule has 140 valence electrons. The minimum absolute atomic E-state index is 0.153. The van der Waals surface area contributed by atoms with E-state index in [0.717, 1.165) is 28.8 Å². The van der Waals surface area contributed by atoms with Gasteiger partial charge in [-0.15, -0.1) is 11.3 Å². The number of aromatic nitrogens is 1. The van der Waals surface area contributed by atoms with Crippen molar-refractivity contribution in [1.82, 2.24) is 4.98 Å². The van der Waals surface area contributed by atoms with Crippen molar-refractivity contribution in [3.63, 3.8) is 0 Å². The van der Waals surface area contributed by atoms with Crippen LogP contribution in [-0.4, -0.2) is 18.1 Å². The fourth-order valence-electron chi connectivity index (χ4n) is 2.56. The van der Waals surface area contributed by atoms with Gasteiger partial charge in [-0.3, -0.25) is 0 Å². The molecule has 0 spiro atoms. The normalized spacial score (nSPS) is 11.5. The van der Waals surface area contributed by atoms with Crippen LogP contribution in [0, 0.1) is 13.8 Å². The number of carbonyl (C=O) groups excluding carboxylic acids is 1. The molecule has 0 aliphatic heterocycles. The molecule has 1 heterocycles. The summed E-state index contributed by atoms with van der Waals surface area (Å²) in [6.07, 6.45) is -4.40. The molecule has 0 N–H and O–H groups in total. The molecule has 0 amide bonds. The fourth-order valence-corrected chi connectivity index (χ4v) is 3.61. The van der Waals surface area contributed by atoms with Gasteiger partial charge in [0.15, 0.2) is 5.69 Å². The Morgan fingerprint density at radius 1 is 1.00 bits per heavy atom. The average Bonchev–Trinajstić information content (AvgIpc) is 3.08. The number of benzene rings is 2. The highest BCUT2D eigenvalue weighted by Gasteiger charge is 2.30. The molecule has 27 heavy (non-hydrogen) atoms. The summed E-state index contributed by atoms with van der Waals surface area (Å²) >= 11 is 1.24. The molecule has 0 unspecified atom stereocenters. The van der Waals surface area contributed by atoms with Crippen molar-refractivity contribution in [2.45, 2.75) is 20.0 Å². The number of methoxy groups -OCH3 is 1. The molecule has 0 aliphatic carbocycles. The van der Waals surface area contributed by atoms with Gasteiger partial charge in [-0.1, -0.05) is 30.3 Å². The van der Waals surface area contributed by atoms with Gasteiger partial charge in [-0.2, -0.15) is 13.2 Å². The number of alkyl halides is 3. The minimum atomic E-state index is -4.40. The second-order valence-corrected chi connectivity index (χ2v) is 7.06. The Bertz CT molecular complexity index is 991. The van der Waals surface area contributed by atoms with Gasteiger partial charge in [-0.05, 0) is 42.7 Å². The SMILES string of the molecule is COC(=O)c1nc(-c2ccc(C(F)(F)F)cc2)sc1-c1ccc(C)c(C)c1.